The number of nitrogens with two attached hydrogens (primary N) is 1. The average Bonchev–Trinajstić information content (AvgIpc) is 2.43. The van der Waals surface area contributed by atoms with Crippen LogP contribution in [0.2, 0.25) is 0 Å². The van der Waals surface area contributed by atoms with Crippen molar-refractivity contribution in [3.05, 3.63) is 29.8 Å². The van der Waals surface area contributed by atoms with Crippen LogP contribution in [0.1, 0.15) is 44.7 Å². The van der Waals surface area contributed by atoms with Crippen molar-refractivity contribution in [2.24, 2.45) is 5.73 Å². The number of piperidine rings is 1. The Kier molecular flexibility index (Phi) is 5.06. The van der Waals surface area contributed by atoms with Crippen LogP contribution in [0.25, 0.3) is 0 Å². The van der Waals surface area contributed by atoms with Gasteiger partial charge in [0.25, 0.3) is 0 Å². The lowest BCUT2D eigenvalue weighted by Crippen LogP contribution is -2.48. The molecule has 2 rings (SSSR count). The van der Waals surface area contributed by atoms with E-state index in [4.69, 9.17) is 5.73 Å². The standard InChI is InChI=1S/C17H29N3/c1-13-6-5-7-14(2)20(13)17(12-18)15-8-10-16(11-9-15)19(3)4/h8-11,13-14,17H,5-7,12,18H2,1-4H3/t13-,14+,17?. The first kappa shape index (κ1) is 15.3. The Bertz CT molecular complexity index is 403. The monoisotopic (exact) mass is 275 g/mol. The van der Waals surface area contributed by atoms with Crippen LogP contribution in [0, 0.1) is 0 Å². The number of hydrogen-bond donors (Lipinski definition) is 1. The van der Waals surface area contributed by atoms with E-state index in [1.807, 2.05) is 0 Å². The van der Waals surface area contributed by atoms with Crippen molar-refractivity contribution in [3.8, 4) is 0 Å². The molecule has 0 aromatic heterocycles. The molecular weight excluding hydrogens is 246 g/mol. The smallest absolute Gasteiger partial charge is 0.0476 e. The topological polar surface area (TPSA) is 32.5 Å². The molecule has 0 spiro atoms. The third kappa shape index (κ3) is 3.15. The van der Waals surface area contributed by atoms with E-state index in [2.05, 4.69) is 62.0 Å². The minimum Gasteiger partial charge on any atom is -0.378 e. The Labute approximate surface area is 123 Å². The molecule has 0 saturated carbocycles. The van der Waals surface area contributed by atoms with Gasteiger partial charge in [-0.05, 0) is 44.4 Å². The molecule has 3 nitrogen and oxygen atoms in total. The van der Waals surface area contributed by atoms with Crippen molar-refractivity contribution in [2.75, 3.05) is 25.5 Å². The molecule has 1 aromatic carbocycles. The molecule has 20 heavy (non-hydrogen) atoms. The molecule has 2 N–H and O–H groups in total. The van der Waals surface area contributed by atoms with Gasteiger partial charge in [-0.15, -0.1) is 0 Å². The minimum atomic E-state index is 0.344. The van der Waals surface area contributed by atoms with E-state index in [1.165, 1.54) is 30.5 Å². The first-order valence-electron chi connectivity index (χ1n) is 7.79. The molecule has 112 valence electrons. The normalized spacial score (nSPS) is 25.4. The molecule has 0 radical (unpaired) electrons. The fraction of sp³-hybridized carbons (Fsp3) is 0.647. The number of benzene rings is 1. The van der Waals surface area contributed by atoms with Crippen molar-refractivity contribution in [2.45, 2.75) is 51.2 Å². The van der Waals surface area contributed by atoms with Gasteiger partial charge in [0, 0.05) is 44.5 Å². The van der Waals surface area contributed by atoms with Gasteiger partial charge in [-0.1, -0.05) is 18.6 Å². The molecule has 3 heteroatoms. The zero-order chi connectivity index (χ0) is 14.7. The van der Waals surface area contributed by atoms with Gasteiger partial charge in [0.2, 0.25) is 0 Å². The molecule has 1 aromatic rings. The van der Waals surface area contributed by atoms with Gasteiger partial charge in [-0.3, -0.25) is 4.90 Å². The highest BCUT2D eigenvalue weighted by Gasteiger charge is 2.31. The molecule has 1 fully saturated rings. The lowest BCUT2D eigenvalue weighted by molar-refractivity contribution is 0.0578. The van der Waals surface area contributed by atoms with E-state index in [0.717, 1.165) is 0 Å². The van der Waals surface area contributed by atoms with Crippen molar-refractivity contribution < 1.29 is 0 Å². The zero-order valence-electron chi connectivity index (χ0n) is 13.3. The van der Waals surface area contributed by atoms with E-state index in [-0.39, 0.29) is 0 Å². The molecule has 1 aliphatic heterocycles. The molecule has 1 heterocycles. The zero-order valence-corrected chi connectivity index (χ0v) is 13.3. The lowest BCUT2D eigenvalue weighted by Gasteiger charge is -2.44. The number of anilines is 1. The highest BCUT2D eigenvalue weighted by Crippen LogP contribution is 2.32. The summed E-state index contributed by atoms with van der Waals surface area (Å²) in [5, 5.41) is 0. The third-order valence-electron chi connectivity index (χ3n) is 4.64. The highest BCUT2D eigenvalue weighted by atomic mass is 15.2. The van der Waals surface area contributed by atoms with Gasteiger partial charge in [0.1, 0.15) is 0 Å². The quantitative estimate of drug-likeness (QED) is 0.917. The summed E-state index contributed by atoms with van der Waals surface area (Å²) in [6, 6.07) is 10.5. The Hall–Kier alpha value is -1.06. The van der Waals surface area contributed by atoms with E-state index in [1.54, 1.807) is 0 Å². The Morgan fingerprint density at radius 3 is 2.15 bits per heavy atom. The fourth-order valence-electron chi connectivity index (χ4n) is 3.48. The molecule has 1 saturated heterocycles. The summed E-state index contributed by atoms with van der Waals surface area (Å²) in [5.74, 6) is 0. The largest absolute Gasteiger partial charge is 0.378 e. The minimum absolute atomic E-state index is 0.344. The van der Waals surface area contributed by atoms with Gasteiger partial charge in [0.15, 0.2) is 0 Å². The maximum Gasteiger partial charge on any atom is 0.0476 e. The summed E-state index contributed by atoms with van der Waals surface area (Å²) in [7, 11) is 4.15. The summed E-state index contributed by atoms with van der Waals surface area (Å²) >= 11 is 0. The molecular formula is C17H29N3. The summed E-state index contributed by atoms with van der Waals surface area (Å²) in [6.45, 7) is 5.37. The van der Waals surface area contributed by atoms with E-state index in [0.29, 0.717) is 24.7 Å². The second-order valence-corrected chi connectivity index (χ2v) is 6.31. The maximum atomic E-state index is 6.11. The molecule has 0 amide bonds. The number of likely N-dealkylation sites (tertiary alicyclic amines) is 1. The summed E-state index contributed by atoms with van der Waals surface area (Å²) in [6.07, 6.45) is 3.92. The maximum absolute atomic E-state index is 6.11. The van der Waals surface area contributed by atoms with Crippen LogP contribution in [-0.2, 0) is 0 Å². The van der Waals surface area contributed by atoms with Crippen LogP contribution in [0.15, 0.2) is 24.3 Å². The average molecular weight is 275 g/mol. The van der Waals surface area contributed by atoms with Gasteiger partial charge in [-0.2, -0.15) is 0 Å². The van der Waals surface area contributed by atoms with Gasteiger partial charge in [-0.25, -0.2) is 0 Å². The fourth-order valence-corrected chi connectivity index (χ4v) is 3.48. The Morgan fingerprint density at radius 1 is 1.15 bits per heavy atom. The second kappa shape index (κ2) is 6.59. The van der Waals surface area contributed by atoms with E-state index < -0.39 is 0 Å². The Morgan fingerprint density at radius 2 is 1.70 bits per heavy atom. The summed E-state index contributed by atoms with van der Waals surface area (Å²) in [4.78, 5) is 4.75. The summed E-state index contributed by atoms with van der Waals surface area (Å²) < 4.78 is 0. The van der Waals surface area contributed by atoms with Crippen LogP contribution in [0.3, 0.4) is 0 Å². The Balaban J connectivity index is 2.22. The van der Waals surface area contributed by atoms with Crippen LogP contribution >= 0.6 is 0 Å². The molecule has 0 bridgehead atoms. The van der Waals surface area contributed by atoms with Crippen LogP contribution in [0.5, 0.6) is 0 Å². The van der Waals surface area contributed by atoms with Crippen molar-refractivity contribution in [3.63, 3.8) is 0 Å². The third-order valence-corrected chi connectivity index (χ3v) is 4.64. The molecule has 1 unspecified atom stereocenters. The van der Waals surface area contributed by atoms with Gasteiger partial charge >= 0.3 is 0 Å². The van der Waals surface area contributed by atoms with E-state index >= 15 is 0 Å². The van der Waals surface area contributed by atoms with Gasteiger partial charge < -0.3 is 10.6 Å². The SMILES string of the molecule is C[C@@H]1CCC[C@H](C)N1C(CN)c1ccc(N(C)C)cc1. The number of nitrogens with zero attached hydrogens (tertiary/aromatic N) is 2. The number of hydrogen-bond acceptors (Lipinski definition) is 3. The summed E-state index contributed by atoms with van der Waals surface area (Å²) in [5.41, 5.74) is 8.69. The van der Waals surface area contributed by atoms with Crippen LogP contribution in [-0.4, -0.2) is 37.6 Å². The predicted molar refractivity (Wildman–Crippen MR) is 87.2 cm³/mol. The van der Waals surface area contributed by atoms with Crippen molar-refractivity contribution in [1.82, 2.24) is 4.90 Å². The van der Waals surface area contributed by atoms with Crippen LogP contribution < -0.4 is 10.6 Å². The number of rotatable bonds is 4. The lowest BCUT2D eigenvalue weighted by atomic mass is 9.92. The molecule has 0 aliphatic carbocycles. The first-order chi connectivity index (χ1) is 9.54. The van der Waals surface area contributed by atoms with Gasteiger partial charge in [0.05, 0.1) is 0 Å². The van der Waals surface area contributed by atoms with Crippen molar-refractivity contribution in [1.29, 1.82) is 0 Å². The second-order valence-electron chi connectivity index (χ2n) is 6.31. The molecule has 1 aliphatic rings. The first-order valence-corrected chi connectivity index (χ1v) is 7.79. The highest BCUT2D eigenvalue weighted by molar-refractivity contribution is 5.46. The molecule has 3 atom stereocenters. The van der Waals surface area contributed by atoms with Crippen molar-refractivity contribution >= 4 is 5.69 Å². The van der Waals surface area contributed by atoms with E-state index in [9.17, 15) is 0 Å². The van der Waals surface area contributed by atoms with Crippen LogP contribution in [0.4, 0.5) is 5.69 Å². The predicted octanol–water partition coefficient (Wildman–Crippen LogP) is 3.02.